The van der Waals surface area contributed by atoms with Gasteiger partial charge in [0.1, 0.15) is 25.4 Å². The maximum atomic E-state index is 13.2. The molecule has 133 heavy (non-hydrogen) atoms. The van der Waals surface area contributed by atoms with E-state index in [9.17, 15) is 43.5 Å². The molecule has 0 heterocycles. The molecule has 0 radical (unpaired) electrons. The molecule has 0 bridgehead atoms. The third-order valence-electron chi connectivity index (χ3n) is 23.4. The molecule has 0 aliphatic heterocycles. The number of allylic oxidation sites excluding steroid dienone is 28. The summed E-state index contributed by atoms with van der Waals surface area (Å²) in [5.41, 5.74) is 0. The van der Waals surface area contributed by atoms with E-state index < -0.39 is 91.5 Å². The van der Waals surface area contributed by atoms with E-state index in [1.54, 1.807) is 0 Å². The summed E-state index contributed by atoms with van der Waals surface area (Å²) in [5, 5.41) is 20.8. The molecule has 0 fully saturated rings. The van der Waals surface area contributed by atoms with E-state index in [2.05, 4.69) is 191 Å². The average molecular weight is 1900 g/mol. The Kier molecular flexibility index (Phi) is 102. The van der Waals surface area contributed by atoms with Gasteiger partial charge < -0.3 is 34.2 Å². The molecule has 0 aliphatic rings. The van der Waals surface area contributed by atoms with Crippen molar-refractivity contribution >= 4 is 33.6 Å². The van der Waals surface area contributed by atoms with Crippen molar-refractivity contribution in [1.29, 1.82) is 0 Å². The zero-order chi connectivity index (χ0) is 96.4. The number of carbonyl (C=O) groups is 3. The Bertz CT molecular complexity index is 3100. The molecule has 16 nitrogen and oxygen atoms in total. The number of aliphatic hydroxyl groups excluding tert-OH is 2. The van der Waals surface area contributed by atoms with Crippen LogP contribution < -0.4 is 0 Å². The van der Waals surface area contributed by atoms with Crippen molar-refractivity contribution in [3.63, 3.8) is 0 Å². The van der Waals surface area contributed by atoms with Gasteiger partial charge in [0, 0.05) is 19.3 Å². The van der Waals surface area contributed by atoms with Crippen molar-refractivity contribution in [2.24, 2.45) is 0 Å². The molecular formula is C115H200O16P2. The summed E-state index contributed by atoms with van der Waals surface area (Å²) in [4.78, 5) is 59.3. The summed E-state index contributed by atoms with van der Waals surface area (Å²) in [6, 6.07) is 0. The Morgan fingerprint density at radius 2 is 0.398 bits per heavy atom. The van der Waals surface area contributed by atoms with Gasteiger partial charge in [-0.1, -0.05) is 473 Å². The van der Waals surface area contributed by atoms with Crippen LogP contribution in [0.3, 0.4) is 0 Å². The van der Waals surface area contributed by atoms with Crippen LogP contribution in [0.15, 0.2) is 170 Å². The van der Waals surface area contributed by atoms with Gasteiger partial charge in [0.25, 0.3) is 0 Å². The van der Waals surface area contributed by atoms with E-state index in [-0.39, 0.29) is 19.3 Å². The second-order valence-electron chi connectivity index (χ2n) is 36.4. The zero-order valence-electron chi connectivity index (χ0n) is 85.1. The molecular weight excluding hydrogens is 1700 g/mol. The van der Waals surface area contributed by atoms with Gasteiger partial charge in [-0.05, 0) is 161 Å². The van der Waals surface area contributed by atoms with E-state index in [0.29, 0.717) is 19.3 Å². The van der Waals surface area contributed by atoms with Crippen molar-refractivity contribution in [1.82, 2.24) is 0 Å². The van der Waals surface area contributed by atoms with Crippen molar-refractivity contribution < 1.29 is 75.8 Å². The zero-order valence-corrected chi connectivity index (χ0v) is 86.9. The number of carbonyl (C=O) groups excluding carboxylic acids is 3. The molecule has 0 aromatic rings. The van der Waals surface area contributed by atoms with Crippen LogP contribution in [0, 0.1) is 0 Å². The summed E-state index contributed by atoms with van der Waals surface area (Å²) < 4.78 is 61.8. The number of ether oxygens (including phenoxy) is 3. The Labute approximate surface area is 815 Å². The Morgan fingerprint density at radius 1 is 0.218 bits per heavy atom. The van der Waals surface area contributed by atoms with E-state index in [1.165, 1.54) is 283 Å². The fourth-order valence-electron chi connectivity index (χ4n) is 15.2. The molecule has 5 atom stereocenters. The molecule has 0 aliphatic carbocycles. The molecule has 0 aromatic carbocycles. The summed E-state index contributed by atoms with van der Waals surface area (Å²) in [7, 11) is -9.82. The number of phosphoric ester groups is 2. The number of hydrogen-bond donors (Lipinski definition) is 4. The highest BCUT2D eigenvalue weighted by Crippen LogP contribution is 2.45. The van der Waals surface area contributed by atoms with Gasteiger partial charge in [-0.25, -0.2) is 9.13 Å². The maximum absolute atomic E-state index is 13.2. The van der Waals surface area contributed by atoms with Crippen LogP contribution in [-0.2, 0) is 55.8 Å². The van der Waals surface area contributed by atoms with Gasteiger partial charge in [-0.3, -0.25) is 32.5 Å². The lowest BCUT2D eigenvalue weighted by Gasteiger charge is -2.21. The molecule has 4 N–H and O–H groups in total. The van der Waals surface area contributed by atoms with E-state index in [4.69, 9.17) is 32.3 Å². The van der Waals surface area contributed by atoms with Crippen molar-refractivity contribution in [2.75, 3.05) is 39.6 Å². The summed E-state index contributed by atoms with van der Waals surface area (Å²) in [6.07, 6.45) is 140. The number of aliphatic hydroxyl groups is 2. The smallest absolute Gasteiger partial charge is 0.463 e. The van der Waals surface area contributed by atoms with Crippen molar-refractivity contribution in [3.8, 4) is 0 Å². The molecule has 766 valence electrons. The topological polar surface area (TPSA) is 231 Å². The van der Waals surface area contributed by atoms with Crippen LogP contribution in [0.4, 0.5) is 0 Å². The van der Waals surface area contributed by atoms with Gasteiger partial charge in [0.15, 0.2) is 6.10 Å². The number of unbranched alkanes of at least 4 members (excludes halogenated alkanes) is 52. The quantitative estimate of drug-likeness (QED) is 0.0146. The molecule has 5 unspecified atom stereocenters. The van der Waals surface area contributed by atoms with Gasteiger partial charge in [-0.15, -0.1) is 0 Å². The predicted molar refractivity (Wildman–Crippen MR) is 565 cm³/mol. The minimum atomic E-state index is -4.95. The second kappa shape index (κ2) is 106. The highest BCUT2D eigenvalue weighted by Gasteiger charge is 2.30. The summed E-state index contributed by atoms with van der Waals surface area (Å²) >= 11 is 0. The standard InChI is InChI=1S/C115H200O16P2/c1-4-7-10-13-16-19-22-25-28-31-34-37-40-43-46-49-52-53-54-55-58-60-62-65-68-71-74-77-80-83-86-89-92-95-98-101-113(118)125-104-110(116)105-127-132(121,122)128-106-111(117)107-129-133(123,124)130-109-112(131-115(120)103-100-97-94-91-88-85-82-79-76-73-70-67-64-61-57-51-48-45-42-39-36-33-30-27-24-21-18-15-12-9-6-3)108-126-114(119)102-99-96-93-90-87-84-81-78-75-72-69-66-63-59-56-50-47-44-41-38-35-32-29-26-23-20-17-14-11-8-5-2/h7,10,16-21,25-30,34-39,43-48,52-53,110-112,116-117H,4-6,8-9,11-15,22-24,31-33,40-42,49-51,54-109H2,1-3H3,(H,121,122)(H,123,124)/b10-7-,19-16-,20-17-,21-18-,28-25-,29-26-,30-27-,37-34-,38-35-,39-36-,46-43-,47-44-,48-45-,53-52-. The molecule has 0 amide bonds. The average Bonchev–Trinajstić information content (AvgIpc) is 0.896. The molecule has 0 rings (SSSR count). The number of esters is 3. The lowest BCUT2D eigenvalue weighted by molar-refractivity contribution is -0.161. The van der Waals surface area contributed by atoms with E-state index in [1.807, 2.05) is 0 Å². The molecule has 0 aromatic heterocycles. The van der Waals surface area contributed by atoms with E-state index >= 15 is 0 Å². The number of phosphoric acid groups is 2. The first-order valence-electron chi connectivity index (χ1n) is 54.4. The first kappa shape index (κ1) is 128. The van der Waals surface area contributed by atoms with Crippen LogP contribution in [0.1, 0.15) is 483 Å². The molecule has 0 spiro atoms. The minimum absolute atomic E-state index is 0.103. The Morgan fingerprint density at radius 3 is 0.632 bits per heavy atom. The van der Waals surface area contributed by atoms with Crippen LogP contribution in [-0.4, -0.2) is 95.9 Å². The lowest BCUT2D eigenvalue weighted by atomic mass is 10.0. The lowest BCUT2D eigenvalue weighted by Crippen LogP contribution is -2.30. The van der Waals surface area contributed by atoms with Gasteiger partial charge in [0.2, 0.25) is 0 Å². The predicted octanol–water partition coefficient (Wildman–Crippen LogP) is 34.9. The Hall–Kier alpha value is -5.09. The fourth-order valence-corrected chi connectivity index (χ4v) is 16.8. The first-order chi connectivity index (χ1) is 65.2. The number of rotatable bonds is 103. The normalized spacial score (nSPS) is 14.2. The van der Waals surface area contributed by atoms with Crippen molar-refractivity contribution in [3.05, 3.63) is 170 Å². The third kappa shape index (κ3) is 107. The minimum Gasteiger partial charge on any atom is -0.463 e. The summed E-state index contributed by atoms with van der Waals surface area (Å²) in [5.74, 6) is -1.55. The highest BCUT2D eigenvalue weighted by molar-refractivity contribution is 7.47. The molecule has 0 saturated carbocycles. The largest absolute Gasteiger partial charge is 0.472 e. The van der Waals surface area contributed by atoms with Crippen LogP contribution >= 0.6 is 15.6 Å². The second-order valence-corrected chi connectivity index (χ2v) is 39.3. The van der Waals surface area contributed by atoms with Gasteiger partial charge >= 0.3 is 33.6 Å². The Balaban J connectivity index is 4.59. The van der Waals surface area contributed by atoms with E-state index in [0.717, 1.165) is 141 Å². The molecule has 0 saturated heterocycles. The third-order valence-corrected chi connectivity index (χ3v) is 25.3. The number of hydrogen-bond acceptors (Lipinski definition) is 14. The van der Waals surface area contributed by atoms with Gasteiger partial charge in [-0.2, -0.15) is 0 Å². The fraction of sp³-hybridized carbons (Fsp3) is 0.730. The van der Waals surface area contributed by atoms with Gasteiger partial charge in [0.05, 0.1) is 26.4 Å². The van der Waals surface area contributed by atoms with Crippen LogP contribution in [0.2, 0.25) is 0 Å². The SMILES string of the molecule is CC/C=C\C/C=C\C/C=C\C/C=C\C/C=C\C/C=C\CCCCCCCCCCCCCCCCCCC(=O)OCC(O)COP(=O)(O)OCC(O)COP(=O)(O)OCC(COC(=O)CCCCCCCCCCCCCCCCC/C=C\C/C=C\C/C=C\C/C=C\CCCCC)OC(=O)CCCCCCCCCCCCCCCCC/C=C\C/C=C\C/C=C\C/C=C\CCCCC. The first-order valence-corrected chi connectivity index (χ1v) is 57.4. The maximum Gasteiger partial charge on any atom is 0.472 e. The molecule has 18 heteroatoms. The highest BCUT2D eigenvalue weighted by atomic mass is 31.2. The monoisotopic (exact) mass is 1900 g/mol. The van der Waals surface area contributed by atoms with Crippen LogP contribution in [0.5, 0.6) is 0 Å². The van der Waals surface area contributed by atoms with Crippen LogP contribution in [0.25, 0.3) is 0 Å². The summed E-state index contributed by atoms with van der Waals surface area (Å²) in [6.45, 7) is 2.61. The van der Waals surface area contributed by atoms with Crippen molar-refractivity contribution in [2.45, 2.75) is 501 Å².